The van der Waals surface area contributed by atoms with Crippen molar-refractivity contribution in [3.8, 4) is 5.75 Å². The second kappa shape index (κ2) is 7.41. The minimum absolute atomic E-state index is 0.0407. The van der Waals surface area contributed by atoms with Crippen LogP contribution in [-0.2, 0) is 0 Å². The molecule has 18 heavy (non-hydrogen) atoms. The second-order valence-corrected chi connectivity index (χ2v) is 4.92. The molecule has 1 amide bonds. The highest BCUT2D eigenvalue weighted by Gasteiger charge is 2.18. The van der Waals surface area contributed by atoms with Crippen LogP contribution in [0.5, 0.6) is 5.75 Å². The molecule has 3 nitrogen and oxygen atoms in total. The predicted octanol–water partition coefficient (Wildman–Crippen LogP) is 3.25. The molecule has 0 saturated carbocycles. The van der Waals surface area contributed by atoms with Gasteiger partial charge in [-0.05, 0) is 32.4 Å². The minimum atomic E-state index is 0.0407. The Hall–Kier alpha value is -1.03. The van der Waals surface area contributed by atoms with Gasteiger partial charge in [-0.2, -0.15) is 0 Å². The van der Waals surface area contributed by atoms with E-state index in [9.17, 15) is 4.79 Å². The Labute approximate surface area is 117 Å². The van der Waals surface area contributed by atoms with Crippen LogP contribution < -0.4 is 4.74 Å². The highest BCUT2D eigenvalue weighted by atomic mass is 79.9. The van der Waals surface area contributed by atoms with Crippen LogP contribution in [0.25, 0.3) is 0 Å². The van der Waals surface area contributed by atoms with Gasteiger partial charge in [-0.1, -0.05) is 27.6 Å². The number of carbonyl (C=O) groups is 1. The van der Waals surface area contributed by atoms with Gasteiger partial charge < -0.3 is 9.64 Å². The molecule has 1 rings (SSSR count). The molecule has 0 radical (unpaired) electrons. The number of hydrogen-bond acceptors (Lipinski definition) is 2. The Balaban J connectivity index is 2.96. The first-order chi connectivity index (χ1) is 8.63. The quantitative estimate of drug-likeness (QED) is 0.754. The molecular weight excluding hydrogens is 294 g/mol. The number of halogens is 1. The van der Waals surface area contributed by atoms with Crippen molar-refractivity contribution in [2.75, 3.05) is 25.5 Å². The second-order valence-electron chi connectivity index (χ2n) is 4.13. The molecule has 0 aliphatic heterocycles. The molecule has 0 heterocycles. The number of nitrogens with zero attached hydrogens (tertiary/aromatic N) is 1. The topological polar surface area (TPSA) is 29.5 Å². The van der Waals surface area contributed by atoms with Gasteiger partial charge in [-0.25, -0.2) is 0 Å². The lowest BCUT2D eigenvalue weighted by Crippen LogP contribution is -2.32. The fourth-order valence-corrected chi connectivity index (χ4v) is 2.06. The molecule has 0 fully saturated rings. The van der Waals surface area contributed by atoms with Gasteiger partial charge in [0.05, 0.1) is 12.7 Å². The van der Waals surface area contributed by atoms with Gasteiger partial charge >= 0.3 is 0 Å². The summed E-state index contributed by atoms with van der Waals surface area (Å²) in [5, 5.41) is 0.904. The van der Waals surface area contributed by atoms with Gasteiger partial charge in [0.25, 0.3) is 5.91 Å². The van der Waals surface area contributed by atoms with Crippen LogP contribution >= 0.6 is 15.9 Å². The van der Waals surface area contributed by atoms with Crippen LogP contribution in [0.1, 0.15) is 29.3 Å². The molecule has 4 heteroatoms. The molecule has 0 aromatic heterocycles. The summed E-state index contributed by atoms with van der Waals surface area (Å²) < 4.78 is 5.26. The maximum Gasteiger partial charge on any atom is 0.257 e. The molecule has 0 saturated heterocycles. The average Bonchev–Trinajstić information content (AvgIpc) is 2.39. The molecule has 0 aliphatic rings. The Morgan fingerprint density at radius 1 is 1.44 bits per heavy atom. The van der Waals surface area contributed by atoms with Crippen LogP contribution in [0, 0.1) is 6.92 Å². The third-order valence-corrected chi connectivity index (χ3v) is 3.38. The van der Waals surface area contributed by atoms with Crippen molar-refractivity contribution in [1.29, 1.82) is 0 Å². The number of rotatable bonds is 6. The van der Waals surface area contributed by atoms with Crippen molar-refractivity contribution in [1.82, 2.24) is 4.90 Å². The molecular formula is C14H20BrNO2. The van der Waals surface area contributed by atoms with Crippen LogP contribution in [0.2, 0.25) is 0 Å². The van der Waals surface area contributed by atoms with E-state index in [4.69, 9.17) is 4.74 Å². The van der Waals surface area contributed by atoms with Gasteiger partial charge in [-0.3, -0.25) is 4.79 Å². The highest BCUT2D eigenvalue weighted by Crippen LogP contribution is 2.21. The zero-order valence-electron chi connectivity index (χ0n) is 11.2. The SMILES string of the molecule is CCN(CCCBr)C(=O)c1cc(C)ccc1OC. The Kier molecular flexibility index (Phi) is 6.19. The van der Waals surface area contributed by atoms with E-state index in [1.54, 1.807) is 7.11 Å². The number of alkyl halides is 1. The lowest BCUT2D eigenvalue weighted by Gasteiger charge is -2.21. The molecule has 1 aromatic rings. The predicted molar refractivity (Wildman–Crippen MR) is 77.7 cm³/mol. The number of aryl methyl sites for hydroxylation is 1. The van der Waals surface area contributed by atoms with Gasteiger partial charge in [0.15, 0.2) is 0 Å². The minimum Gasteiger partial charge on any atom is -0.496 e. The van der Waals surface area contributed by atoms with Crippen LogP contribution in [0.15, 0.2) is 18.2 Å². The molecule has 100 valence electrons. The molecule has 0 atom stereocenters. The maximum atomic E-state index is 12.4. The number of amides is 1. The Bertz CT molecular complexity index is 407. The zero-order chi connectivity index (χ0) is 13.5. The van der Waals surface area contributed by atoms with E-state index in [1.165, 1.54) is 0 Å². The van der Waals surface area contributed by atoms with Gasteiger partial charge in [-0.15, -0.1) is 0 Å². The highest BCUT2D eigenvalue weighted by molar-refractivity contribution is 9.09. The third-order valence-electron chi connectivity index (χ3n) is 2.82. The van der Waals surface area contributed by atoms with Gasteiger partial charge in [0.2, 0.25) is 0 Å². The Morgan fingerprint density at radius 2 is 2.17 bits per heavy atom. The number of benzene rings is 1. The summed E-state index contributed by atoms with van der Waals surface area (Å²) in [5.41, 5.74) is 1.71. The largest absolute Gasteiger partial charge is 0.496 e. The van der Waals surface area contributed by atoms with Crippen LogP contribution in [0.4, 0.5) is 0 Å². The molecule has 1 aromatic carbocycles. The standard InChI is InChI=1S/C14H20BrNO2/c1-4-16(9-5-8-15)14(17)12-10-11(2)6-7-13(12)18-3/h6-7,10H,4-5,8-9H2,1-3H3. The lowest BCUT2D eigenvalue weighted by molar-refractivity contribution is 0.0761. The van der Waals surface area contributed by atoms with E-state index in [2.05, 4.69) is 15.9 Å². The van der Waals surface area contributed by atoms with E-state index in [1.807, 2.05) is 36.9 Å². The summed E-state index contributed by atoms with van der Waals surface area (Å²) in [6.07, 6.45) is 0.952. The Morgan fingerprint density at radius 3 is 2.72 bits per heavy atom. The van der Waals surface area contributed by atoms with Crippen LogP contribution in [-0.4, -0.2) is 36.3 Å². The summed E-state index contributed by atoms with van der Waals surface area (Å²) in [6, 6.07) is 5.68. The molecule has 0 spiro atoms. The first-order valence-corrected chi connectivity index (χ1v) is 7.26. The van der Waals surface area contributed by atoms with E-state index in [-0.39, 0.29) is 5.91 Å². The van der Waals surface area contributed by atoms with Crippen molar-refractivity contribution in [3.05, 3.63) is 29.3 Å². The van der Waals surface area contributed by atoms with E-state index >= 15 is 0 Å². The fourth-order valence-electron chi connectivity index (χ4n) is 1.81. The van der Waals surface area contributed by atoms with E-state index < -0.39 is 0 Å². The number of ether oxygens (including phenoxy) is 1. The van der Waals surface area contributed by atoms with Crippen molar-refractivity contribution in [2.24, 2.45) is 0 Å². The van der Waals surface area contributed by atoms with Gasteiger partial charge in [0, 0.05) is 18.4 Å². The van der Waals surface area contributed by atoms with Crippen molar-refractivity contribution >= 4 is 21.8 Å². The van der Waals surface area contributed by atoms with Crippen molar-refractivity contribution in [2.45, 2.75) is 20.3 Å². The summed E-state index contributed by atoms with van der Waals surface area (Å²) in [6.45, 7) is 5.44. The summed E-state index contributed by atoms with van der Waals surface area (Å²) >= 11 is 3.39. The van der Waals surface area contributed by atoms with E-state index in [0.717, 1.165) is 23.9 Å². The van der Waals surface area contributed by atoms with Crippen molar-refractivity contribution < 1.29 is 9.53 Å². The monoisotopic (exact) mass is 313 g/mol. The summed E-state index contributed by atoms with van der Waals surface area (Å²) in [7, 11) is 1.59. The van der Waals surface area contributed by atoms with Gasteiger partial charge in [0.1, 0.15) is 5.75 Å². The molecule has 0 N–H and O–H groups in total. The number of methoxy groups -OCH3 is 1. The van der Waals surface area contributed by atoms with Crippen molar-refractivity contribution in [3.63, 3.8) is 0 Å². The summed E-state index contributed by atoms with van der Waals surface area (Å²) in [4.78, 5) is 14.3. The van der Waals surface area contributed by atoms with Crippen LogP contribution in [0.3, 0.4) is 0 Å². The molecule has 0 bridgehead atoms. The first kappa shape index (κ1) is 15.0. The first-order valence-electron chi connectivity index (χ1n) is 6.13. The maximum absolute atomic E-state index is 12.4. The fraction of sp³-hybridized carbons (Fsp3) is 0.500. The normalized spacial score (nSPS) is 10.2. The molecule has 0 unspecified atom stereocenters. The lowest BCUT2D eigenvalue weighted by atomic mass is 10.1. The van der Waals surface area contributed by atoms with E-state index in [0.29, 0.717) is 17.9 Å². The average molecular weight is 314 g/mol. The number of hydrogen-bond donors (Lipinski definition) is 0. The summed E-state index contributed by atoms with van der Waals surface area (Å²) in [5.74, 6) is 0.682. The smallest absolute Gasteiger partial charge is 0.257 e. The third kappa shape index (κ3) is 3.73. The zero-order valence-corrected chi connectivity index (χ0v) is 12.8. The number of carbonyl (C=O) groups excluding carboxylic acids is 1. The molecule has 0 aliphatic carbocycles.